The van der Waals surface area contributed by atoms with E-state index in [2.05, 4.69) is 10.9 Å². The first-order chi connectivity index (χ1) is 11.2. The monoisotopic (exact) mass is 314 g/mol. The zero-order valence-electron chi connectivity index (χ0n) is 12.9. The Bertz CT molecular complexity index is 673. The van der Waals surface area contributed by atoms with Crippen LogP contribution in [0, 0.1) is 0 Å². The van der Waals surface area contributed by atoms with Gasteiger partial charge in [0.15, 0.2) is 6.10 Å². The molecule has 0 saturated heterocycles. The molecule has 2 aromatic carbocycles. The Morgan fingerprint density at radius 2 is 1.57 bits per heavy atom. The van der Waals surface area contributed by atoms with Gasteiger partial charge in [0.2, 0.25) is 0 Å². The fourth-order valence-corrected chi connectivity index (χ4v) is 2.11. The smallest absolute Gasteiger partial charge is 0.273 e. The van der Waals surface area contributed by atoms with Crippen LogP contribution in [0.25, 0.3) is 0 Å². The number of nitrogens with one attached hydrogen (secondary N) is 2. The van der Waals surface area contributed by atoms with Crippen molar-refractivity contribution in [2.45, 2.75) is 6.10 Å². The van der Waals surface area contributed by atoms with Crippen LogP contribution in [0.15, 0.2) is 54.6 Å². The SMILES string of the molecule is COc1ccccc1C(=O)NNC(=O)C(OC)c1ccccc1. The molecular formula is C17H18N2O4. The summed E-state index contributed by atoms with van der Waals surface area (Å²) in [6, 6.07) is 15.7. The molecule has 6 heteroatoms. The van der Waals surface area contributed by atoms with Gasteiger partial charge in [-0.25, -0.2) is 0 Å². The number of para-hydroxylation sites is 1. The number of carbonyl (C=O) groups is 2. The van der Waals surface area contributed by atoms with Gasteiger partial charge in [0.25, 0.3) is 11.8 Å². The maximum atomic E-state index is 12.2. The van der Waals surface area contributed by atoms with E-state index in [-0.39, 0.29) is 0 Å². The molecule has 1 atom stereocenters. The number of carbonyl (C=O) groups excluding carboxylic acids is 2. The number of methoxy groups -OCH3 is 2. The molecule has 0 aliphatic heterocycles. The summed E-state index contributed by atoms with van der Waals surface area (Å²) < 4.78 is 10.3. The highest BCUT2D eigenvalue weighted by molar-refractivity contribution is 5.98. The molecule has 2 rings (SSSR count). The summed E-state index contributed by atoms with van der Waals surface area (Å²) in [6.45, 7) is 0. The summed E-state index contributed by atoms with van der Waals surface area (Å²) in [6.07, 6.45) is -0.811. The zero-order chi connectivity index (χ0) is 16.7. The molecule has 0 radical (unpaired) electrons. The van der Waals surface area contributed by atoms with Crippen LogP contribution in [0.2, 0.25) is 0 Å². The van der Waals surface area contributed by atoms with Crippen LogP contribution in [-0.2, 0) is 9.53 Å². The maximum Gasteiger partial charge on any atom is 0.273 e. The second-order valence-electron chi connectivity index (χ2n) is 4.67. The fourth-order valence-electron chi connectivity index (χ4n) is 2.11. The Kier molecular flexibility index (Phi) is 5.71. The Morgan fingerprint density at radius 1 is 0.913 bits per heavy atom. The van der Waals surface area contributed by atoms with Gasteiger partial charge >= 0.3 is 0 Å². The van der Waals surface area contributed by atoms with Crippen molar-refractivity contribution in [3.05, 3.63) is 65.7 Å². The fraction of sp³-hybridized carbons (Fsp3) is 0.176. The van der Waals surface area contributed by atoms with Gasteiger partial charge in [0, 0.05) is 7.11 Å². The van der Waals surface area contributed by atoms with Crippen LogP contribution in [0.3, 0.4) is 0 Å². The van der Waals surface area contributed by atoms with E-state index in [9.17, 15) is 9.59 Å². The number of hydrazine groups is 1. The third-order valence-corrected chi connectivity index (χ3v) is 3.23. The first kappa shape index (κ1) is 16.5. The number of ether oxygens (including phenoxy) is 2. The average molecular weight is 314 g/mol. The van der Waals surface area contributed by atoms with Crippen molar-refractivity contribution in [2.75, 3.05) is 14.2 Å². The first-order valence-electron chi connectivity index (χ1n) is 6.98. The van der Waals surface area contributed by atoms with Crippen LogP contribution in [-0.4, -0.2) is 26.0 Å². The third kappa shape index (κ3) is 4.08. The topological polar surface area (TPSA) is 76.7 Å². The van der Waals surface area contributed by atoms with E-state index in [0.29, 0.717) is 16.9 Å². The summed E-state index contributed by atoms with van der Waals surface area (Å²) in [5.74, 6) is -0.522. The van der Waals surface area contributed by atoms with E-state index in [1.54, 1.807) is 36.4 Å². The molecule has 23 heavy (non-hydrogen) atoms. The highest BCUT2D eigenvalue weighted by Gasteiger charge is 2.21. The van der Waals surface area contributed by atoms with Gasteiger partial charge in [0.05, 0.1) is 12.7 Å². The van der Waals surface area contributed by atoms with Gasteiger partial charge in [0.1, 0.15) is 5.75 Å². The lowest BCUT2D eigenvalue weighted by Crippen LogP contribution is -2.44. The minimum absolute atomic E-state index is 0.323. The Balaban J connectivity index is 2.02. The molecule has 1 unspecified atom stereocenters. The minimum atomic E-state index is -0.811. The van der Waals surface area contributed by atoms with E-state index in [0.717, 1.165) is 0 Å². The number of hydrogen-bond donors (Lipinski definition) is 2. The molecule has 2 aromatic rings. The van der Waals surface area contributed by atoms with Gasteiger partial charge in [-0.2, -0.15) is 0 Å². The summed E-state index contributed by atoms with van der Waals surface area (Å²) in [5.41, 5.74) is 5.74. The minimum Gasteiger partial charge on any atom is -0.496 e. The second-order valence-corrected chi connectivity index (χ2v) is 4.67. The lowest BCUT2D eigenvalue weighted by Gasteiger charge is -2.16. The van der Waals surface area contributed by atoms with Crippen molar-refractivity contribution in [3.63, 3.8) is 0 Å². The molecule has 0 bridgehead atoms. The molecule has 0 spiro atoms. The highest BCUT2D eigenvalue weighted by atomic mass is 16.5. The number of benzene rings is 2. The van der Waals surface area contributed by atoms with Crippen molar-refractivity contribution >= 4 is 11.8 Å². The summed E-state index contributed by atoms with van der Waals surface area (Å²) >= 11 is 0. The van der Waals surface area contributed by atoms with Crippen LogP contribution in [0.4, 0.5) is 0 Å². The van der Waals surface area contributed by atoms with Crippen LogP contribution < -0.4 is 15.6 Å². The summed E-state index contributed by atoms with van der Waals surface area (Å²) in [4.78, 5) is 24.3. The van der Waals surface area contributed by atoms with Gasteiger partial charge in [-0.1, -0.05) is 42.5 Å². The Morgan fingerprint density at radius 3 is 2.22 bits per heavy atom. The normalized spacial score (nSPS) is 11.4. The number of hydrogen-bond acceptors (Lipinski definition) is 4. The molecule has 6 nitrogen and oxygen atoms in total. The largest absolute Gasteiger partial charge is 0.496 e. The van der Waals surface area contributed by atoms with E-state index in [4.69, 9.17) is 9.47 Å². The van der Waals surface area contributed by atoms with E-state index >= 15 is 0 Å². The van der Waals surface area contributed by atoms with Crippen molar-refractivity contribution < 1.29 is 19.1 Å². The molecule has 0 fully saturated rings. The van der Waals surface area contributed by atoms with Crippen molar-refractivity contribution in [1.82, 2.24) is 10.9 Å². The molecule has 0 aromatic heterocycles. The average Bonchev–Trinajstić information content (AvgIpc) is 2.61. The zero-order valence-corrected chi connectivity index (χ0v) is 12.9. The number of amides is 2. The van der Waals surface area contributed by atoms with Crippen LogP contribution in [0.1, 0.15) is 22.0 Å². The molecule has 2 N–H and O–H groups in total. The standard InChI is InChI=1S/C17H18N2O4/c1-22-14-11-7-6-10-13(14)16(20)18-19-17(21)15(23-2)12-8-4-3-5-9-12/h3-11,15H,1-2H3,(H,18,20)(H,19,21). The van der Waals surface area contributed by atoms with E-state index < -0.39 is 17.9 Å². The van der Waals surface area contributed by atoms with Gasteiger partial charge in [-0.15, -0.1) is 0 Å². The molecule has 0 aliphatic carbocycles. The molecule has 0 aliphatic rings. The lowest BCUT2D eigenvalue weighted by molar-refractivity contribution is -0.132. The predicted molar refractivity (Wildman–Crippen MR) is 84.8 cm³/mol. The third-order valence-electron chi connectivity index (χ3n) is 3.23. The molecule has 120 valence electrons. The number of rotatable bonds is 5. The second kappa shape index (κ2) is 7.95. The summed E-state index contributed by atoms with van der Waals surface area (Å²) in [5, 5.41) is 0. The molecular weight excluding hydrogens is 296 g/mol. The Hall–Kier alpha value is -2.86. The van der Waals surface area contributed by atoms with Gasteiger partial charge < -0.3 is 9.47 Å². The van der Waals surface area contributed by atoms with E-state index in [1.807, 2.05) is 18.2 Å². The maximum absolute atomic E-state index is 12.2. The lowest BCUT2D eigenvalue weighted by atomic mass is 10.1. The summed E-state index contributed by atoms with van der Waals surface area (Å²) in [7, 11) is 2.90. The molecule has 2 amide bonds. The van der Waals surface area contributed by atoms with Gasteiger partial charge in [-0.05, 0) is 17.7 Å². The van der Waals surface area contributed by atoms with Crippen molar-refractivity contribution in [3.8, 4) is 5.75 Å². The van der Waals surface area contributed by atoms with Gasteiger partial charge in [-0.3, -0.25) is 20.4 Å². The van der Waals surface area contributed by atoms with Crippen molar-refractivity contribution in [1.29, 1.82) is 0 Å². The first-order valence-corrected chi connectivity index (χ1v) is 6.98. The quantitative estimate of drug-likeness (QED) is 0.826. The van der Waals surface area contributed by atoms with Crippen molar-refractivity contribution in [2.24, 2.45) is 0 Å². The highest BCUT2D eigenvalue weighted by Crippen LogP contribution is 2.17. The van der Waals surface area contributed by atoms with E-state index in [1.165, 1.54) is 14.2 Å². The van der Waals surface area contributed by atoms with Crippen LogP contribution >= 0.6 is 0 Å². The Labute approximate surface area is 134 Å². The van der Waals surface area contributed by atoms with Crippen LogP contribution in [0.5, 0.6) is 5.75 Å². The predicted octanol–water partition coefficient (Wildman–Crippen LogP) is 1.84. The molecule has 0 saturated carbocycles. The molecule has 0 heterocycles.